The van der Waals surface area contributed by atoms with E-state index >= 15 is 0 Å². The van der Waals surface area contributed by atoms with Gasteiger partial charge in [-0.05, 0) is 6.42 Å². The van der Waals surface area contributed by atoms with E-state index in [-0.39, 0.29) is 30.4 Å². The van der Waals surface area contributed by atoms with Crippen molar-refractivity contribution in [3.63, 3.8) is 0 Å². The largest absolute Gasteiger partial charge is 0.616 e. The molecule has 4 nitrogen and oxygen atoms in total. The van der Waals surface area contributed by atoms with Crippen molar-refractivity contribution in [3.8, 4) is 0 Å². The summed E-state index contributed by atoms with van der Waals surface area (Å²) >= 11 is -3.53. The van der Waals surface area contributed by atoms with E-state index in [1.807, 2.05) is 0 Å². The van der Waals surface area contributed by atoms with Crippen LogP contribution in [0.15, 0.2) is 0 Å². The summed E-state index contributed by atoms with van der Waals surface area (Å²) in [6.45, 7) is 1.06. The third-order valence-electron chi connectivity index (χ3n) is 2.73. The molecular weight excluding hydrogens is 379 g/mol. The molecule has 24 heavy (non-hydrogen) atoms. The minimum Gasteiger partial charge on any atom is -0.616 e. The van der Waals surface area contributed by atoms with Crippen molar-refractivity contribution >= 4 is 73.8 Å². The Balaban J connectivity index is -0.000000127. The van der Waals surface area contributed by atoms with Crippen molar-refractivity contribution < 1.29 is 13.3 Å². The molecule has 0 radical (unpaired) electrons. The fourth-order valence-electron chi connectivity index (χ4n) is 1.66. The van der Waals surface area contributed by atoms with Crippen molar-refractivity contribution in [3.05, 3.63) is 0 Å². The van der Waals surface area contributed by atoms with Crippen LogP contribution in [0.2, 0.25) is 45.8 Å². The number of rotatable bonds is 5. The Bertz CT molecular complexity index is 192. The number of hydrogen-bond acceptors (Lipinski definition) is 4. The second-order valence-electron chi connectivity index (χ2n) is 6.25. The van der Waals surface area contributed by atoms with E-state index in [1.165, 1.54) is 24.5 Å². The Morgan fingerprint density at radius 2 is 1.21 bits per heavy atom. The third kappa shape index (κ3) is 35.6. The lowest BCUT2D eigenvalue weighted by Crippen LogP contribution is -2.29. The topological polar surface area (TPSA) is 36.9 Å². The average molecular weight is 422 g/mol. The molecule has 0 aromatic carbocycles. The van der Waals surface area contributed by atoms with Crippen LogP contribution in [0.3, 0.4) is 0 Å². The molecular formula is C15H43Al5O4. The summed E-state index contributed by atoms with van der Waals surface area (Å²) in [6, 6.07) is 0. The average Bonchev–Trinajstić information content (AvgIpc) is 2.70. The Hall–Kier alpha value is 2.50. The highest BCUT2D eigenvalue weighted by Crippen LogP contribution is 2.04. The van der Waals surface area contributed by atoms with E-state index in [4.69, 9.17) is 13.3 Å². The second-order valence-corrected chi connectivity index (χ2v) is 17.8. The molecule has 1 rings (SSSR count). The molecule has 1 aliphatic rings. The molecule has 1 saturated heterocycles. The molecule has 0 bridgehead atoms. The molecule has 0 N–H and O–H groups in total. The third-order valence-corrected chi connectivity index (χ3v) is 12.5. The van der Waals surface area contributed by atoms with Gasteiger partial charge < -0.3 is 13.3 Å². The van der Waals surface area contributed by atoms with Crippen molar-refractivity contribution in [1.29, 1.82) is 0 Å². The predicted octanol–water partition coefficient (Wildman–Crippen LogP) is 4.75. The Labute approximate surface area is 179 Å². The summed E-state index contributed by atoms with van der Waals surface area (Å²) in [5.41, 5.74) is 0. The molecule has 1 heterocycles. The normalized spacial score (nSPS) is 12.2. The van der Waals surface area contributed by atoms with Gasteiger partial charge in [-0.15, -0.1) is 0 Å². The Morgan fingerprint density at radius 3 is 1.58 bits per heavy atom. The van der Waals surface area contributed by atoms with Gasteiger partial charge in [-0.1, -0.05) is 73.5 Å². The maximum atomic E-state index is 5.65. The predicted molar refractivity (Wildman–Crippen MR) is 118 cm³/mol. The van der Waals surface area contributed by atoms with Crippen LogP contribution in [0.5, 0.6) is 0 Å². The zero-order chi connectivity index (χ0) is 17.4. The van der Waals surface area contributed by atoms with Gasteiger partial charge in [-0.2, -0.15) is 0 Å². The van der Waals surface area contributed by atoms with Crippen molar-refractivity contribution in [1.82, 2.24) is 0 Å². The molecule has 0 atom stereocenters. The summed E-state index contributed by atoms with van der Waals surface area (Å²) in [6.07, 6.45) is 4.16. The van der Waals surface area contributed by atoms with Crippen LogP contribution < -0.4 is 0 Å². The second kappa shape index (κ2) is 25.5. The molecule has 0 aliphatic carbocycles. The van der Waals surface area contributed by atoms with E-state index in [1.54, 1.807) is 7.11 Å². The zero-order valence-corrected chi connectivity index (χ0v) is 22.2. The maximum absolute atomic E-state index is 5.65. The van der Waals surface area contributed by atoms with E-state index < -0.39 is 58.3 Å². The highest BCUT2D eigenvalue weighted by atomic mass is 27.3. The van der Waals surface area contributed by atoms with Crippen LogP contribution in [0, 0.1) is 0 Å². The van der Waals surface area contributed by atoms with Crippen LogP contribution in [0.25, 0.3) is 0 Å². The van der Waals surface area contributed by atoms with E-state index in [2.05, 4.69) is 40.5 Å². The van der Waals surface area contributed by atoms with Gasteiger partial charge in [0, 0.05) is 13.7 Å². The molecule has 142 valence electrons. The summed E-state index contributed by atoms with van der Waals surface area (Å²) in [4.78, 5) is 0. The highest BCUT2D eigenvalue weighted by molar-refractivity contribution is 6.66. The monoisotopic (exact) mass is 422 g/mol. The van der Waals surface area contributed by atoms with Gasteiger partial charge in [-0.25, -0.2) is 0 Å². The summed E-state index contributed by atoms with van der Waals surface area (Å²) in [7, 11) is 1.76. The molecule has 0 saturated carbocycles. The zero-order valence-electron chi connectivity index (χ0n) is 16.2. The minimum atomic E-state index is -1.19. The molecule has 0 aromatic heterocycles. The lowest BCUT2D eigenvalue weighted by molar-refractivity contribution is 0.336. The van der Waals surface area contributed by atoms with Gasteiger partial charge in [0.1, 0.15) is 0 Å². The van der Waals surface area contributed by atoms with Gasteiger partial charge in [0.2, 0.25) is 0 Å². The molecule has 0 spiro atoms. The molecule has 0 unspecified atom stereocenters. The SMILES string of the molecule is C.C.C1CC[O][AlH][CH2]C1.C[O][Al]([CH3])[CH3].[CH3][Al]([CH3])[O][Al]([CH3])[O][Al]([CH3])[CH3]. The van der Waals surface area contributed by atoms with E-state index in [9.17, 15) is 0 Å². The first-order valence-electron chi connectivity index (χ1n) is 8.71. The van der Waals surface area contributed by atoms with Gasteiger partial charge in [-0.3, -0.25) is 0 Å². The maximum Gasteiger partial charge on any atom is 0.609 e. The van der Waals surface area contributed by atoms with Crippen LogP contribution in [0.4, 0.5) is 0 Å². The molecule has 9 heteroatoms. The first-order valence-corrected chi connectivity index (χ1v) is 20.7. The quantitative estimate of drug-likeness (QED) is 0.599. The van der Waals surface area contributed by atoms with Crippen molar-refractivity contribution in [2.45, 2.75) is 79.9 Å². The van der Waals surface area contributed by atoms with Crippen LogP contribution in [0.1, 0.15) is 34.1 Å². The molecule has 0 amide bonds. The minimum absolute atomic E-state index is 0. The Morgan fingerprint density at radius 1 is 0.750 bits per heavy atom. The summed E-state index contributed by atoms with van der Waals surface area (Å²) in [5, 5.41) is 1.42. The van der Waals surface area contributed by atoms with Gasteiger partial charge in [0.15, 0.2) is 0 Å². The summed E-state index contributed by atoms with van der Waals surface area (Å²) < 4.78 is 21.5. The summed E-state index contributed by atoms with van der Waals surface area (Å²) in [5.74, 6) is 15.2. The fourth-order valence-corrected chi connectivity index (χ4v) is 9.80. The lowest BCUT2D eigenvalue weighted by atomic mass is 10.3. The van der Waals surface area contributed by atoms with E-state index in [0.29, 0.717) is 0 Å². The lowest BCUT2D eigenvalue weighted by Gasteiger charge is -2.13. The Kier molecular flexibility index (Phi) is 36.2. The van der Waals surface area contributed by atoms with Gasteiger partial charge in [0.05, 0.1) is 0 Å². The smallest absolute Gasteiger partial charge is 0.609 e. The van der Waals surface area contributed by atoms with Crippen molar-refractivity contribution in [2.75, 3.05) is 13.7 Å². The first-order chi connectivity index (χ1) is 10.3. The first kappa shape index (κ1) is 34.0. The number of hydrogen-bond donors (Lipinski definition) is 0. The fraction of sp³-hybridized carbons (Fsp3) is 1.00. The standard InChI is InChI=1S/C5H10O.CH3O.2CH4.7CH3.5Al.2O.H/c1-2-3-4-5-6;1-2;;;;;;;;;;;;;;;;;/h1-5H2;1H3;2*1H4;7*1H3;;;;;;;;/q2*-1;;;;;;;;;;;;;2*+1;;;. The van der Waals surface area contributed by atoms with Gasteiger partial charge in [0.25, 0.3) is 0 Å². The van der Waals surface area contributed by atoms with Crippen LogP contribution >= 0.6 is 0 Å². The van der Waals surface area contributed by atoms with Gasteiger partial charge >= 0.3 is 73.8 Å². The van der Waals surface area contributed by atoms with Crippen LogP contribution in [-0.2, 0) is 13.3 Å². The molecule has 0 aromatic rings. The van der Waals surface area contributed by atoms with Crippen LogP contribution in [-0.4, -0.2) is 87.5 Å². The van der Waals surface area contributed by atoms with E-state index in [0.717, 1.165) is 6.61 Å². The molecule has 1 fully saturated rings. The highest BCUT2D eigenvalue weighted by Gasteiger charge is 2.21. The van der Waals surface area contributed by atoms with Crippen molar-refractivity contribution in [2.24, 2.45) is 0 Å². The molecule has 1 aliphatic heterocycles.